The monoisotopic (exact) mass is 369 g/mol. The number of alkyl halides is 3. The quantitative estimate of drug-likeness (QED) is 0.887. The molecule has 3 rings (SSSR count). The van der Waals surface area contributed by atoms with E-state index in [0.717, 1.165) is 25.7 Å². The number of nitrogens with one attached hydrogen (secondary N) is 1. The van der Waals surface area contributed by atoms with Crippen molar-refractivity contribution >= 4 is 17.5 Å². The van der Waals surface area contributed by atoms with Gasteiger partial charge in [-0.05, 0) is 25.1 Å². The average Bonchev–Trinajstić information content (AvgIpc) is 3.41. The minimum Gasteiger partial charge on any atom is -0.340 e. The number of rotatable bonds is 4. The summed E-state index contributed by atoms with van der Waals surface area (Å²) in [4.78, 5) is 28.8. The number of carbonyl (C=O) groups excluding carboxylic acids is 2. The normalized spacial score (nSPS) is 23.6. The van der Waals surface area contributed by atoms with E-state index >= 15 is 0 Å². The van der Waals surface area contributed by atoms with Crippen LogP contribution in [0.1, 0.15) is 18.9 Å². The van der Waals surface area contributed by atoms with E-state index in [1.54, 1.807) is 4.90 Å². The molecular weight excluding hydrogens is 347 g/mol. The minimum atomic E-state index is -4.54. The maximum atomic E-state index is 13.0. The molecule has 0 bridgehead atoms. The molecule has 26 heavy (non-hydrogen) atoms. The lowest BCUT2D eigenvalue weighted by Crippen LogP contribution is -2.49. The van der Waals surface area contributed by atoms with Gasteiger partial charge >= 0.3 is 6.18 Å². The maximum absolute atomic E-state index is 13.0. The third-order valence-electron chi connectivity index (χ3n) is 5.07. The Balaban J connectivity index is 1.58. The van der Waals surface area contributed by atoms with Crippen molar-refractivity contribution < 1.29 is 22.8 Å². The molecule has 1 saturated carbocycles. The molecule has 0 spiro atoms. The van der Waals surface area contributed by atoms with Crippen LogP contribution in [0.4, 0.5) is 18.9 Å². The third kappa shape index (κ3) is 4.00. The van der Waals surface area contributed by atoms with Crippen LogP contribution in [0.25, 0.3) is 0 Å². The number of hydrogen-bond donors (Lipinski definition) is 1. The van der Waals surface area contributed by atoms with E-state index in [1.807, 2.05) is 0 Å². The van der Waals surface area contributed by atoms with Crippen molar-refractivity contribution in [2.24, 2.45) is 11.8 Å². The van der Waals surface area contributed by atoms with Gasteiger partial charge in [-0.3, -0.25) is 9.59 Å². The van der Waals surface area contributed by atoms with Crippen LogP contribution in [0.15, 0.2) is 24.3 Å². The van der Waals surface area contributed by atoms with E-state index in [-0.39, 0.29) is 11.6 Å². The van der Waals surface area contributed by atoms with Gasteiger partial charge in [-0.2, -0.15) is 13.2 Å². The molecule has 1 aromatic carbocycles. The molecular formula is C18H22F3N3O2. The Bertz CT molecular complexity index is 685. The van der Waals surface area contributed by atoms with Gasteiger partial charge in [0.1, 0.15) is 0 Å². The van der Waals surface area contributed by atoms with E-state index in [0.29, 0.717) is 19.5 Å². The third-order valence-corrected chi connectivity index (χ3v) is 5.07. The van der Waals surface area contributed by atoms with Crippen LogP contribution in [0.3, 0.4) is 0 Å². The van der Waals surface area contributed by atoms with E-state index in [4.69, 9.17) is 0 Å². The van der Waals surface area contributed by atoms with Crippen LogP contribution in [-0.4, -0.2) is 54.3 Å². The van der Waals surface area contributed by atoms with Crippen LogP contribution in [0.2, 0.25) is 0 Å². The second-order valence-electron chi connectivity index (χ2n) is 6.74. The lowest BCUT2D eigenvalue weighted by molar-refractivity contribution is -0.137. The molecule has 1 N–H and O–H groups in total. The first kappa shape index (κ1) is 18.7. The largest absolute Gasteiger partial charge is 0.418 e. The van der Waals surface area contributed by atoms with E-state index in [9.17, 15) is 22.8 Å². The molecule has 0 aromatic heterocycles. The molecule has 2 unspecified atom stereocenters. The highest BCUT2D eigenvalue weighted by atomic mass is 19.4. The SMILES string of the molecule is CCN1CCN(C(=O)C2CC2C(=O)Nc2ccccc2C(F)(F)F)CC1. The van der Waals surface area contributed by atoms with Crippen molar-refractivity contribution in [3.8, 4) is 0 Å². The fourth-order valence-electron chi connectivity index (χ4n) is 3.34. The van der Waals surface area contributed by atoms with Crippen molar-refractivity contribution in [3.05, 3.63) is 29.8 Å². The van der Waals surface area contributed by atoms with Gasteiger partial charge < -0.3 is 15.1 Å². The molecule has 142 valence electrons. The summed E-state index contributed by atoms with van der Waals surface area (Å²) in [5, 5.41) is 2.35. The Morgan fingerprint density at radius 2 is 1.77 bits per heavy atom. The first-order valence-electron chi connectivity index (χ1n) is 8.79. The summed E-state index contributed by atoms with van der Waals surface area (Å²) in [6.45, 7) is 5.89. The van der Waals surface area contributed by atoms with Crippen molar-refractivity contribution in [3.63, 3.8) is 0 Å². The molecule has 1 heterocycles. The van der Waals surface area contributed by atoms with Gasteiger partial charge in [0.2, 0.25) is 11.8 Å². The maximum Gasteiger partial charge on any atom is 0.418 e. The standard InChI is InChI=1S/C18H22F3N3O2/c1-2-23-7-9-24(10-8-23)17(26)13-11-12(13)16(25)22-15-6-4-3-5-14(15)18(19,20)21/h3-6,12-13H,2,7-11H2,1H3,(H,22,25). The number of hydrogen-bond acceptors (Lipinski definition) is 3. The highest BCUT2D eigenvalue weighted by Gasteiger charge is 2.50. The molecule has 1 aliphatic heterocycles. The van der Waals surface area contributed by atoms with E-state index < -0.39 is 29.5 Å². The highest BCUT2D eigenvalue weighted by Crippen LogP contribution is 2.42. The summed E-state index contributed by atoms with van der Waals surface area (Å²) in [6.07, 6.45) is -4.14. The number of halogens is 3. The number of para-hydroxylation sites is 1. The van der Waals surface area contributed by atoms with Crippen molar-refractivity contribution in [2.45, 2.75) is 19.5 Å². The van der Waals surface area contributed by atoms with Gasteiger partial charge in [0.25, 0.3) is 0 Å². The van der Waals surface area contributed by atoms with Crippen LogP contribution < -0.4 is 5.32 Å². The van der Waals surface area contributed by atoms with Gasteiger partial charge in [-0.25, -0.2) is 0 Å². The van der Waals surface area contributed by atoms with Crippen LogP contribution in [0.5, 0.6) is 0 Å². The Morgan fingerprint density at radius 3 is 2.38 bits per heavy atom. The predicted octanol–water partition coefficient (Wildman–Crippen LogP) is 2.44. The van der Waals surface area contributed by atoms with Crippen LogP contribution in [0, 0.1) is 11.8 Å². The average molecular weight is 369 g/mol. The summed E-state index contributed by atoms with van der Waals surface area (Å²) >= 11 is 0. The topological polar surface area (TPSA) is 52.7 Å². The molecule has 2 aliphatic rings. The zero-order chi connectivity index (χ0) is 18.9. The molecule has 8 heteroatoms. The first-order valence-corrected chi connectivity index (χ1v) is 8.79. The van der Waals surface area contributed by atoms with E-state index in [1.165, 1.54) is 18.2 Å². The van der Waals surface area contributed by atoms with E-state index in [2.05, 4.69) is 17.1 Å². The zero-order valence-corrected chi connectivity index (χ0v) is 14.6. The van der Waals surface area contributed by atoms with Crippen molar-refractivity contribution in [1.82, 2.24) is 9.80 Å². The predicted molar refractivity (Wildman–Crippen MR) is 90.4 cm³/mol. The van der Waals surface area contributed by atoms with Gasteiger partial charge in [0, 0.05) is 26.2 Å². The lowest BCUT2D eigenvalue weighted by Gasteiger charge is -2.34. The molecule has 1 aliphatic carbocycles. The second kappa shape index (κ2) is 7.26. The van der Waals surface area contributed by atoms with Gasteiger partial charge in [-0.1, -0.05) is 19.1 Å². The number of anilines is 1. The Kier molecular flexibility index (Phi) is 5.22. The molecule has 2 atom stereocenters. The number of carbonyl (C=O) groups is 2. The van der Waals surface area contributed by atoms with Crippen molar-refractivity contribution in [1.29, 1.82) is 0 Å². The molecule has 2 fully saturated rings. The second-order valence-corrected chi connectivity index (χ2v) is 6.74. The number of likely N-dealkylation sites (N-methyl/N-ethyl adjacent to an activating group) is 1. The highest BCUT2D eigenvalue weighted by molar-refractivity contribution is 6.00. The summed E-state index contributed by atoms with van der Waals surface area (Å²) < 4.78 is 39.0. The molecule has 2 amide bonds. The zero-order valence-electron chi connectivity index (χ0n) is 14.6. The van der Waals surface area contributed by atoms with Gasteiger partial charge in [0.05, 0.1) is 23.1 Å². The molecule has 1 aromatic rings. The van der Waals surface area contributed by atoms with Gasteiger partial charge in [-0.15, -0.1) is 0 Å². The lowest BCUT2D eigenvalue weighted by atomic mass is 10.1. The number of piperazine rings is 1. The molecule has 1 saturated heterocycles. The fourth-order valence-corrected chi connectivity index (χ4v) is 3.34. The Labute approximate surface area is 150 Å². The smallest absolute Gasteiger partial charge is 0.340 e. The number of benzene rings is 1. The Hall–Kier alpha value is -2.09. The van der Waals surface area contributed by atoms with Crippen molar-refractivity contribution in [2.75, 3.05) is 38.0 Å². The minimum absolute atomic E-state index is 0.0648. The summed E-state index contributed by atoms with van der Waals surface area (Å²) in [5.74, 6) is -1.55. The summed E-state index contributed by atoms with van der Waals surface area (Å²) in [7, 11) is 0. The van der Waals surface area contributed by atoms with Gasteiger partial charge in [0.15, 0.2) is 0 Å². The van der Waals surface area contributed by atoms with Crippen LogP contribution >= 0.6 is 0 Å². The molecule has 0 radical (unpaired) electrons. The number of amides is 2. The van der Waals surface area contributed by atoms with Crippen LogP contribution in [-0.2, 0) is 15.8 Å². The summed E-state index contributed by atoms with van der Waals surface area (Å²) in [5.41, 5.74) is -1.15. The summed E-state index contributed by atoms with van der Waals surface area (Å²) in [6, 6.07) is 4.87. The first-order chi connectivity index (χ1) is 12.3. The Morgan fingerprint density at radius 1 is 1.12 bits per heavy atom. The molecule has 5 nitrogen and oxygen atoms in total. The fraction of sp³-hybridized carbons (Fsp3) is 0.556. The number of nitrogens with zero attached hydrogens (tertiary/aromatic N) is 2.